The van der Waals surface area contributed by atoms with Crippen molar-refractivity contribution in [2.24, 2.45) is 5.92 Å². The van der Waals surface area contributed by atoms with Gasteiger partial charge in [-0.15, -0.1) is 0 Å². The summed E-state index contributed by atoms with van der Waals surface area (Å²) in [5.74, 6) is 0.654. The normalized spacial score (nSPS) is 29.2. The zero-order chi connectivity index (χ0) is 10.1. The lowest BCUT2D eigenvalue weighted by Gasteiger charge is -2.25. The van der Waals surface area contributed by atoms with Gasteiger partial charge in [0.15, 0.2) is 0 Å². The van der Waals surface area contributed by atoms with Crippen molar-refractivity contribution in [3.8, 4) is 0 Å². The van der Waals surface area contributed by atoms with Crippen molar-refractivity contribution in [3.63, 3.8) is 0 Å². The summed E-state index contributed by atoms with van der Waals surface area (Å²) in [5.41, 5.74) is 2.87. The zero-order valence-corrected chi connectivity index (χ0v) is 8.86. The van der Waals surface area contributed by atoms with Gasteiger partial charge in [0.2, 0.25) is 0 Å². The molecule has 0 radical (unpaired) electrons. The van der Waals surface area contributed by atoms with Crippen molar-refractivity contribution in [1.82, 2.24) is 0 Å². The average molecular weight is 200 g/mol. The maximum atomic E-state index is 5.82. The van der Waals surface area contributed by atoms with Crippen LogP contribution in [0.1, 0.15) is 37.4 Å². The Balaban J connectivity index is 1.85. The molecule has 0 bridgehead atoms. The van der Waals surface area contributed by atoms with Crippen LogP contribution in [0.25, 0.3) is 0 Å². The lowest BCUT2D eigenvalue weighted by Crippen LogP contribution is -2.14. The Labute approximate surface area is 90.8 Å². The molecule has 1 saturated carbocycles. The van der Waals surface area contributed by atoms with Crippen LogP contribution in [0, 0.1) is 5.92 Å². The first-order valence-corrected chi connectivity index (χ1v) is 5.84. The van der Waals surface area contributed by atoms with Crippen molar-refractivity contribution in [2.45, 2.75) is 31.8 Å². The van der Waals surface area contributed by atoms with Crippen LogP contribution >= 0.6 is 0 Å². The second-order valence-corrected chi connectivity index (χ2v) is 4.51. The van der Waals surface area contributed by atoms with Gasteiger partial charge >= 0.3 is 0 Å². The molecule has 1 aliphatic heterocycles. The second-order valence-electron chi connectivity index (χ2n) is 4.51. The lowest BCUT2D eigenvalue weighted by molar-refractivity contribution is 0.127. The predicted molar refractivity (Wildman–Crippen MR) is 60.3 cm³/mol. The molecule has 1 aliphatic carbocycles. The molecule has 0 spiro atoms. The molecule has 1 nitrogen and oxygen atoms in total. The van der Waals surface area contributed by atoms with E-state index in [2.05, 4.69) is 30.3 Å². The Morgan fingerprint density at radius 2 is 1.93 bits per heavy atom. The molecule has 1 heteroatoms. The summed E-state index contributed by atoms with van der Waals surface area (Å²) in [4.78, 5) is 0. The van der Waals surface area contributed by atoms with Crippen LogP contribution in [0.15, 0.2) is 42.2 Å². The van der Waals surface area contributed by atoms with Gasteiger partial charge in [0.1, 0.15) is 6.10 Å². The molecule has 78 valence electrons. The summed E-state index contributed by atoms with van der Waals surface area (Å²) in [6.07, 6.45) is 7.55. The van der Waals surface area contributed by atoms with Gasteiger partial charge in [0.05, 0.1) is 6.26 Å². The first-order chi connectivity index (χ1) is 7.45. The fourth-order valence-electron chi connectivity index (χ4n) is 2.77. The van der Waals surface area contributed by atoms with Crippen LogP contribution < -0.4 is 0 Å². The number of hydrogen-bond donors (Lipinski definition) is 0. The molecule has 0 saturated heterocycles. The maximum absolute atomic E-state index is 5.82. The standard InChI is InChI=1S/C14H16O/c1-2-6-11(7-3-1)14-13-9-5-4-8-12(13)10-15-14/h1-3,6-7,10,13-14H,4-5,8-9H2/t13-,14+/m0/s1. The molecule has 0 amide bonds. The molecule has 0 N–H and O–H groups in total. The summed E-state index contributed by atoms with van der Waals surface area (Å²) in [6.45, 7) is 0. The first-order valence-electron chi connectivity index (χ1n) is 5.84. The Kier molecular flexibility index (Phi) is 2.24. The van der Waals surface area contributed by atoms with E-state index in [4.69, 9.17) is 4.74 Å². The van der Waals surface area contributed by atoms with Crippen LogP contribution in [0.5, 0.6) is 0 Å². The summed E-state index contributed by atoms with van der Waals surface area (Å²) < 4.78 is 5.82. The zero-order valence-electron chi connectivity index (χ0n) is 8.86. The van der Waals surface area contributed by atoms with Crippen LogP contribution in [0.2, 0.25) is 0 Å². The van der Waals surface area contributed by atoms with E-state index >= 15 is 0 Å². The Morgan fingerprint density at radius 3 is 2.80 bits per heavy atom. The van der Waals surface area contributed by atoms with Gasteiger partial charge in [-0.25, -0.2) is 0 Å². The molecule has 1 heterocycles. The van der Waals surface area contributed by atoms with E-state index in [1.165, 1.54) is 36.8 Å². The van der Waals surface area contributed by atoms with Crippen LogP contribution in [-0.4, -0.2) is 0 Å². The second kappa shape index (κ2) is 3.73. The van der Waals surface area contributed by atoms with E-state index in [9.17, 15) is 0 Å². The third-order valence-electron chi connectivity index (χ3n) is 3.57. The predicted octanol–water partition coefficient (Wildman–Crippen LogP) is 3.83. The van der Waals surface area contributed by atoms with Crippen LogP contribution in [0.3, 0.4) is 0 Å². The largest absolute Gasteiger partial charge is 0.493 e. The number of ether oxygens (including phenoxy) is 1. The minimum Gasteiger partial charge on any atom is -0.493 e. The van der Waals surface area contributed by atoms with E-state index in [0.717, 1.165) is 0 Å². The molecule has 0 aromatic heterocycles. The molecule has 15 heavy (non-hydrogen) atoms. The Morgan fingerprint density at radius 1 is 1.07 bits per heavy atom. The Hall–Kier alpha value is -1.24. The number of benzene rings is 1. The minimum absolute atomic E-state index is 0.293. The van der Waals surface area contributed by atoms with Crippen LogP contribution in [-0.2, 0) is 4.74 Å². The van der Waals surface area contributed by atoms with Gasteiger partial charge in [-0.2, -0.15) is 0 Å². The average Bonchev–Trinajstić information content (AvgIpc) is 2.74. The molecule has 3 rings (SSSR count). The van der Waals surface area contributed by atoms with Gasteiger partial charge in [0, 0.05) is 5.92 Å². The molecule has 1 aromatic rings. The van der Waals surface area contributed by atoms with Crippen molar-refractivity contribution in [1.29, 1.82) is 0 Å². The van der Waals surface area contributed by atoms with E-state index in [-0.39, 0.29) is 0 Å². The highest BCUT2D eigenvalue weighted by Crippen LogP contribution is 2.44. The van der Waals surface area contributed by atoms with Gasteiger partial charge in [-0.1, -0.05) is 36.8 Å². The van der Waals surface area contributed by atoms with Crippen molar-refractivity contribution in [2.75, 3.05) is 0 Å². The summed E-state index contributed by atoms with van der Waals surface area (Å²) >= 11 is 0. The van der Waals surface area contributed by atoms with E-state index < -0.39 is 0 Å². The third kappa shape index (κ3) is 1.56. The van der Waals surface area contributed by atoms with E-state index in [1.54, 1.807) is 0 Å². The first kappa shape index (κ1) is 9.02. The van der Waals surface area contributed by atoms with Crippen molar-refractivity contribution < 1.29 is 4.74 Å². The van der Waals surface area contributed by atoms with Crippen LogP contribution in [0.4, 0.5) is 0 Å². The smallest absolute Gasteiger partial charge is 0.129 e. The molecule has 0 unspecified atom stereocenters. The topological polar surface area (TPSA) is 9.23 Å². The fourth-order valence-corrected chi connectivity index (χ4v) is 2.77. The molecule has 2 atom stereocenters. The molecular formula is C14H16O. The van der Waals surface area contributed by atoms with E-state index in [0.29, 0.717) is 12.0 Å². The highest BCUT2D eigenvalue weighted by atomic mass is 16.5. The van der Waals surface area contributed by atoms with Crippen molar-refractivity contribution >= 4 is 0 Å². The highest BCUT2D eigenvalue weighted by Gasteiger charge is 2.33. The molecule has 1 aromatic carbocycles. The summed E-state index contributed by atoms with van der Waals surface area (Å²) in [5, 5.41) is 0. The lowest BCUT2D eigenvalue weighted by atomic mass is 9.81. The third-order valence-corrected chi connectivity index (χ3v) is 3.57. The molecular weight excluding hydrogens is 184 g/mol. The number of rotatable bonds is 1. The van der Waals surface area contributed by atoms with Gasteiger partial charge < -0.3 is 4.74 Å². The number of fused-ring (bicyclic) bond motifs is 1. The fraction of sp³-hybridized carbons (Fsp3) is 0.429. The highest BCUT2D eigenvalue weighted by molar-refractivity contribution is 5.25. The quantitative estimate of drug-likeness (QED) is 0.669. The maximum Gasteiger partial charge on any atom is 0.129 e. The molecule has 1 fully saturated rings. The number of hydrogen-bond acceptors (Lipinski definition) is 1. The summed E-state index contributed by atoms with van der Waals surface area (Å²) in [7, 11) is 0. The summed E-state index contributed by atoms with van der Waals surface area (Å²) in [6, 6.07) is 10.6. The van der Waals surface area contributed by atoms with Gasteiger partial charge in [-0.05, 0) is 30.4 Å². The van der Waals surface area contributed by atoms with Crippen molar-refractivity contribution in [3.05, 3.63) is 47.7 Å². The SMILES string of the molecule is C1=C2CCCC[C@@H]2[C@@H](c2ccccc2)O1. The monoisotopic (exact) mass is 200 g/mol. The molecule has 2 aliphatic rings. The Bertz CT molecular complexity index is 366. The minimum atomic E-state index is 0.293. The van der Waals surface area contributed by atoms with E-state index in [1.807, 2.05) is 6.26 Å². The van der Waals surface area contributed by atoms with Gasteiger partial charge in [0.25, 0.3) is 0 Å². The van der Waals surface area contributed by atoms with Gasteiger partial charge in [-0.3, -0.25) is 0 Å².